The molecule has 0 fully saturated rings. The second-order valence-corrected chi connectivity index (χ2v) is 5.95. The van der Waals surface area contributed by atoms with E-state index in [0.29, 0.717) is 0 Å². The Morgan fingerprint density at radius 2 is 2.00 bits per heavy atom. The maximum atomic E-state index is 12.6. The van der Waals surface area contributed by atoms with Crippen molar-refractivity contribution < 1.29 is 21.9 Å². The fraction of sp³-hybridized carbons (Fsp3) is 0.455. The highest BCUT2D eigenvalue weighted by molar-refractivity contribution is 7.91. The summed E-state index contributed by atoms with van der Waals surface area (Å²) in [7, 11) is -3.19. The molecular formula is C11H14ClF2NO3S. The lowest BCUT2D eigenvalue weighted by Crippen LogP contribution is -2.28. The zero-order chi connectivity index (χ0) is 14.5. The van der Waals surface area contributed by atoms with E-state index in [1.807, 2.05) is 0 Å². The SMILES string of the molecule is COCC(CCl)Nc1ccccc1S(=O)(=O)C(F)F. The van der Waals surface area contributed by atoms with Gasteiger partial charge in [0.2, 0.25) is 9.84 Å². The van der Waals surface area contributed by atoms with E-state index in [4.69, 9.17) is 16.3 Å². The highest BCUT2D eigenvalue weighted by atomic mass is 35.5. The molecule has 8 heteroatoms. The van der Waals surface area contributed by atoms with Crippen molar-refractivity contribution in [1.29, 1.82) is 0 Å². The molecule has 1 aromatic rings. The summed E-state index contributed by atoms with van der Waals surface area (Å²) >= 11 is 5.69. The predicted octanol–water partition coefficient (Wildman–Crippen LogP) is 2.35. The quantitative estimate of drug-likeness (QED) is 0.785. The highest BCUT2D eigenvalue weighted by Gasteiger charge is 2.29. The molecule has 0 heterocycles. The van der Waals surface area contributed by atoms with Gasteiger partial charge in [0.1, 0.15) is 0 Å². The molecule has 1 N–H and O–H groups in total. The number of methoxy groups -OCH3 is 1. The number of nitrogens with one attached hydrogen (secondary N) is 1. The van der Waals surface area contributed by atoms with Crippen LogP contribution in [-0.4, -0.2) is 39.8 Å². The summed E-state index contributed by atoms with van der Waals surface area (Å²) in [5.41, 5.74) is 0.0884. The van der Waals surface area contributed by atoms with Crippen molar-refractivity contribution in [1.82, 2.24) is 0 Å². The number of para-hydroxylation sites is 1. The molecule has 1 atom stereocenters. The molecule has 0 aromatic heterocycles. The Labute approximate surface area is 115 Å². The van der Waals surface area contributed by atoms with E-state index in [0.717, 1.165) is 6.07 Å². The molecule has 0 saturated carbocycles. The van der Waals surface area contributed by atoms with Crippen LogP contribution >= 0.6 is 11.6 Å². The van der Waals surface area contributed by atoms with Gasteiger partial charge in [-0.15, -0.1) is 11.6 Å². The zero-order valence-electron chi connectivity index (χ0n) is 10.1. The Morgan fingerprint density at radius 1 is 1.37 bits per heavy atom. The van der Waals surface area contributed by atoms with Crippen molar-refractivity contribution in [3.63, 3.8) is 0 Å². The molecule has 0 aliphatic heterocycles. The number of ether oxygens (including phenoxy) is 1. The van der Waals surface area contributed by atoms with Gasteiger partial charge in [-0.25, -0.2) is 8.42 Å². The molecule has 4 nitrogen and oxygen atoms in total. The normalized spacial score (nSPS) is 13.5. The Hall–Kier alpha value is -0.920. The number of rotatable bonds is 7. The molecule has 0 aliphatic rings. The molecule has 0 saturated heterocycles. The first-order chi connectivity index (χ1) is 8.93. The van der Waals surface area contributed by atoms with Gasteiger partial charge in [-0.3, -0.25) is 0 Å². The molecule has 0 spiro atoms. The first-order valence-corrected chi connectivity index (χ1v) is 7.44. The van der Waals surface area contributed by atoms with Crippen molar-refractivity contribution in [2.75, 3.05) is 24.9 Å². The topological polar surface area (TPSA) is 55.4 Å². The third-order valence-corrected chi connectivity index (χ3v) is 4.15. The minimum atomic E-state index is -4.66. The standard InChI is InChI=1S/C11H14ClF2NO3S/c1-18-7-8(6-12)15-9-4-2-3-5-10(9)19(16,17)11(13)14/h2-5,8,11,15H,6-7H2,1H3. The lowest BCUT2D eigenvalue weighted by molar-refractivity contribution is 0.191. The summed E-state index contributed by atoms with van der Waals surface area (Å²) < 4.78 is 53.1. The van der Waals surface area contributed by atoms with Gasteiger partial charge < -0.3 is 10.1 Å². The molecule has 19 heavy (non-hydrogen) atoms. The second kappa shape index (κ2) is 7.02. The van der Waals surface area contributed by atoms with Crippen molar-refractivity contribution in [2.45, 2.75) is 16.7 Å². The summed E-state index contributed by atoms with van der Waals surface area (Å²) in [6.07, 6.45) is 0. The van der Waals surface area contributed by atoms with Crippen molar-refractivity contribution in [3.05, 3.63) is 24.3 Å². The first kappa shape index (κ1) is 16.1. The van der Waals surface area contributed by atoms with E-state index >= 15 is 0 Å². The summed E-state index contributed by atoms with van der Waals surface area (Å²) in [5.74, 6) is -3.32. The van der Waals surface area contributed by atoms with Gasteiger partial charge in [0.15, 0.2) is 0 Å². The first-order valence-electron chi connectivity index (χ1n) is 5.36. The van der Waals surface area contributed by atoms with Gasteiger partial charge in [0.05, 0.1) is 23.2 Å². The largest absolute Gasteiger partial charge is 0.383 e. The Bertz CT molecular complexity index is 510. The Morgan fingerprint density at radius 3 is 2.53 bits per heavy atom. The predicted molar refractivity (Wildman–Crippen MR) is 69.6 cm³/mol. The van der Waals surface area contributed by atoms with Crippen LogP contribution in [0, 0.1) is 0 Å². The van der Waals surface area contributed by atoms with E-state index in [2.05, 4.69) is 5.32 Å². The number of halogens is 3. The maximum Gasteiger partial charge on any atom is 0.341 e. The van der Waals surface area contributed by atoms with E-state index in [9.17, 15) is 17.2 Å². The van der Waals surface area contributed by atoms with Gasteiger partial charge >= 0.3 is 5.76 Å². The summed E-state index contributed by atoms with van der Waals surface area (Å²) in [4.78, 5) is -0.448. The van der Waals surface area contributed by atoms with Gasteiger partial charge in [-0.2, -0.15) is 8.78 Å². The van der Waals surface area contributed by atoms with E-state index in [-0.39, 0.29) is 24.2 Å². The van der Waals surface area contributed by atoms with Crippen molar-refractivity contribution in [2.24, 2.45) is 0 Å². The Balaban J connectivity index is 3.09. The number of hydrogen-bond acceptors (Lipinski definition) is 4. The van der Waals surface area contributed by atoms with E-state index in [1.54, 1.807) is 6.07 Å². The zero-order valence-corrected chi connectivity index (χ0v) is 11.7. The van der Waals surface area contributed by atoms with Crippen LogP contribution in [0.25, 0.3) is 0 Å². The van der Waals surface area contributed by atoms with Crippen molar-refractivity contribution >= 4 is 27.1 Å². The third kappa shape index (κ3) is 4.02. The lowest BCUT2D eigenvalue weighted by atomic mass is 10.3. The molecule has 0 amide bonds. The van der Waals surface area contributed by atoms with Crippen LogP contribution in [-0.2, 0) is 14.6 Å². The lowest BCUT2D eigenvalue weighted by Gasteiger charge is -2.18. The fourth-order valence-electron chi connectivity index (χ4n) is 1.48. The van der Waals surface area contributed by atoms with Crippen molar-refractivity contribution in [3.8, 4) is 0 Å². The molecule has 0 radical (unpaired) electrons. The minimum absolute atomic E-state index is 0.0884. The Kier molecular flexibility index (Phi) is 5.96. The average molecular weight is 314 g/mol. The molecular weight excluding hydrogens is 300 g/mol. The number of hydrogen-bond donors (Lipinski definition) is 1. The van der Waals surface area contributed by atoms with Gasteiger partial charge in [-0.05, 0) is 12.1 Å². The van der Waals surface area contributed by atoms with E-state index in [1.165, 1.54) is 19.2 Å². The molecule has 0 bridgehead atoms. The highest BCUT2D eigenvalue weighted by Crippen LogP contribution is 2.26. The third-order valence-electron chi connectivity index (χ3n) is 2.34. The number of alkyl halides is 3. The van der Waals surface area contributed by atoms with Crippen LogP contribution in [0.4, 0.5) is 14.5 Å². The summed E-state index contributed by atoms with van der Waals surface area (Å²) in [6.45, 7) is 0.229. The van der Waals surface area contributed by atoms with Crippen LogP contribution in [0.5, 0.6) is 0 Å². The van der Waals surface area contributed by atoms with Crippen LogP contribution in [0.15, 0.2) is 29.2 Å². The van der Waals surface area contributed by atoms with Crippen LogP contribution < -0.4 is 5.32 Å². The van der Waals surface area contributed by atoms with Crippen LogP contribution in [0.3, 0.4) is 0 Å². The van der Waals surface area contributed by atoms with Gasteiger partial charge in [-0.1, -0.05) is 12.1 Å². The minimum Gasteiger partial charge on any atom is -0.383 e. The second-order valence-electron chi connectivity index (χ2n) is 3.75. The summed E-state index contributed by atoms with van der Waals surface area (Å²) in [6, 6.07) is 5.09. The van der Waals surface area contributed by atoms with E-state index < -0.39 is 20.5 Å². The molecule has 108 valence electrons. The van der Waals surface area contributed by atoms with Gasteiger partial charge in [0.25, 0.3) is 0 Å². The molecule has 1 aromatic carbocycles. The summed E-state index contributed by atoms with van der Waals surface area (Å²) in [5, 5.41) is 2.79. The molecule has 1 unspecified atom stereocenters. The smallest absolute Gasteiger partial charge is 0.341 e. The molecule has 1 rings (SSSR count). The van der Waals surface area contributed by atoms with Gasteiger partial charge in [0, 0.05) is 13.0 Å². The number of benzene rings is 1. The maximum absolute atomic E-state index is 12.6. The van der Waals surface area contributed by atoms with Crippen LogP contribution in [0.2, 0.25) is 0 Å². The fourth-order valence-corrected chi connectivity index (χ4v) is 2.54. The average Bonchev–Trinajstić information content (AvgIpc) is 2.38. The number of anilines is 1. The number of sulfone groups is 1. The monoisotopic (exact) mass is 313 g/mol. The molecule has 0 aliphatic carbocycles. The van der Waals surface area contributed by atoms with Crippen LogP contribution in [0.1, 0.15) is 0 Å².